The Hall–Kier alpha value is -1.49. The van der Waals surface area contributed by atoms with E-state index in [9.17, 15) is 14.5 Å². The van der Waals surface area contributed by atoms with Crippen molar-refractivity contribution in [2.45, 2.75) is 51.6 Å². The van der Waals surface area contributed by atoms with Gasteiger partial charge in [0.1, 0.15) is 0 Å². The summed E-state index contributed by atoms with van der Waals surface area (Å²) in [5.74, 6) is -0.684. The maximum absolute atomic E-state index is 14.1. The first-order chi connectivity index (χ1) is 9.63. The van der Waals surface area contributed by atoms with Crippen LogP contribution in [0.3, 0.4) is 0 Å². The molecule has 1 aliphatic rings. The van der Waals surface area contributed by atoms with Gasteiger partial charge in [0.15, 0.2) is 0 Å². The van der Waals surface area contributed by atoms with Gasteiger partial charge in [-0.1, -0.05) is 31.9 Å². The van der Waals surface area contributed by atoms with Gasteiger partial charge in [-0.05, 0) is 25.8 Å². The number of hydrogen-bond acceptors (Lipinski definition) is 3. The first-order valence-corrected chi connectivity index (χ1v) is 7.29. The number of likely N-dealkylation sites (tertiary alicyclic amines) is 1. The summed E-state index contributed by atoms with van der Waals surface area (Å²) in [6.45, 7) is 3.56. The molecule has 2 rings (SSSR count). The Morgan fingerprint density at radius 2 is 2.20 bits per heavy atom. The highest BCUT2D eigenvalue weighted by Gasteiger charge is 2.23. The van der Waals surface area contributed by atoms with Gasteiger partial charge in [0.2, 0.25) is 5.82 Å². The van der Waals surface area contributed by atoms with E-state index in [0.717, 1.165) is 25.8 Å². The molecule has 0 saturated carbocycles. The lowest BCUT2D eigenvalue weighted by atomic mass is 10.1. The fraction of sp³-hybridized carbons (Fsp3) is 0.600. The lowest BCUT2D eigenvalue weighted by Gasteiger charge is -2.29. The molecule has 4 nitrogen and oxygen atoms in total. The summed E-state index contributed by atoms with van der Waals surface area (Å²) in [6.07, 6.45) is 5.72. The number of nitrogens with zero attached hydrogens (tertiary/aromatic N) is 2. The zero-order valence-electron chi connectivity index (χ0n) is 11.8. The van der Waals surface area contributed by atoms with E-state index in [1.54, 1.807) is 12.1 Å². The monoisotopic (exact) mass is 280 g/mol. The van der Waals surface area contributed by atoms with Crippen molar-refractivity contribution in [1.82, 2.24) is 4.90 Å². The Labute approximate surface area is 118 Å². The summed E-state index contributed by atoms with van der Waals surface area (Å²) < 4.78 is 14.1. The van der Waals surface area contributed by atoms with Gasteiger partial charge in [0, 0.05) is 24.2 Å². The fourth-order valence-corrected chi connectivity index (χ4v) is 2.96. The standard InChI is InChI=1S/C15H21FN2O2/c1-2-13-8-4-3-5-10-17(13)11-12-7-6-9-14(15(12)16)18(19)20/h6-7,9,13H,2-5,8,10-11H2,1H3. The number of halogens is 1. The maximum Gasteiger partial charge on any atom is 0.305 e. The van der Waals surface area contributed by atoms with Gasteiger partial charge in [0.25, 0.3) is 0 Å². The number of benzene rings is 1. The minimum absolute atomic E-state index is 0.426. The molecule has 1 unspecified atom stereocenters. The Morgan fingerprint density at radius 1 is 1.40 bits per heavy atom. The molecule has 0 amide bonds. The molecule has 0 spiro atoms. The van der Waals surface area contributed by atoms with Crippen molar-refractivity contribution in [2.24, 2.45) is 0 Å². The highest BCUT2D eigenvalue weighted by Crippen LogP contribution is 2.25. The van der Waals surface area contributed by atoms with E-state index in [1.807, 2.05) is 0 Å². The molecule has 0 aliphatic carbocycles. The molecular weight excluding hydrogens is 259 g/mol. The minimum Gasteiger partial charge on any atom is -0.296 e. The summed E-state index contributed by atoms with van der Waals surface area (Å²) >= 11 is 0. The van der Waals surface area contributed by atoms with Crippen molar-refractivity contribution in [3.63, 3.8) is 0 Å². The summed E-state index contributed by atoms with van der Waals surface area (Å²) in [4.78, 5) is 12.4. The third kappa shape index (κ3) is 3.33. The van der Waals surface area contributed by atoms with Crippen LogP contribution in [0.2, 0.25) is 0 Å². The molecule has 20 heavy (non-hydrogen) atoms. The smallest absolute Gasteiger partial charge is 0.296 e. The van der Waals surface area contributed by atoms with Gasteiger partial charge in [-0.25, -0.2) is 0 Å². The van der Waals surface area contributed by atoms with Crippen LogP contribution in [0.25, 0.3) is 0 Å². The summed E-state index contributed by atoms with van der Waals surface area (Å²) in [6, 6.07) is 4.89. The third-order valence-electron chi connectivity index (χ3n) is 4.10. The average molecular weight is 280 g/mol. The Kier molecular flexibility index (Phi) is 5.06. The van der Waals surface area contributed by atoms with Gasteiger partial charge in [-0.3, -0.25) is 15.0 Å². The van der Waals surface area contributed by atoms with Gasteiger partial charge >= 0.3 is 5.69 Å². The predicted octanol–water partition coefficient (Wildman–Crippen LogP) is 3.89. The molecule has 5 heteroatoms. The largest absolute Gasteiger partial charge is 0.305 e. The van der Waals surface area contributed by atoms with Gasteiger partial charge in [-0.15, -0.1) is 0 Å². The van der Waals surface area contributed by atoms with Gasteiger partial charge in [0.05, 0.1) is 4.92 Å². The second kappa shape index (κ2) is 6.79. The van der Waals surface area contributed by atoms with Crippen LogP contribution in [-0.2, 0) is 6.54 Å². The quantitative estimate of drug-likeness (QED) is 0.621. The van der Waals surface area contributed by atoms with E-state index in [4.69, 9.17) is 0 Å². The number of nitro groups is 1. The Bertz CT molecular complexity index is 479. The minimum atomic E-state index is -0.684. The lowest BCUT2D eigenvalue weighted by Crippen LogP contribution is -2.34. The fourth-order valence-electron chi connectivity index (χ4n) is 2.96. The number of nitro benzene ring substituents is 1. The second-order valence-corrected chi connectivity index (χ2v) is 5.39. The summed E-state index contributed by atoms with van der Waals surface area (Å²) in [5, 5.41) is 10.8. The second-order valence-electron chi connectivity index (χ2n) is 5.39. The lowest BCUT2D eigenvalue weighted by molar-refractivity contribution is -0.387. The van der Waals surface area contributed by atoms with Crippen LogP contribution >= 0.6 is 0 Å². The van der Waals surface area contributed by atoms with Crippen LogP contribution in [-0.4, -0.2) is 22.4 Å². The van der Waals surface area contributed by atoms with Crippen molar-refractivity contribution in [2.75, 3.05) is 6.54 Å². The Balaban J connectivity index is 2.19. The van der Waals surface area contributed by atoms with E-state index in [1.165, 1.54) is 18.9 Å². The molecule has 1 heterocycles. The van der Waals surface area contributed by atoms with Crippen LogP contribution in [0.15, 0.2) is 18.2 Å². The predicted molar refractivity (Wildman–Crippen MR) is 76.0 cm³/mol. The molecule has 1 atom stereocenters. The maximum atomic E-state index is 14.1. The van der Waals surface area contributed by atoms with Crippen LogP contribution in [0.1, 0.15) is 44.6 Å². The van der Waals surface area contributed by atoms with Crippen molar-refractivity contribution in [3.05, 3.63) is 39.7 Å². The van der Waals surface area contributed by atoms with Gasteiger partial charge < -0.3 is 0 Å². The number of hydrogen-bond donors (Lipinski definition) is 0. The molecule has 1 aromatic carbocycles. The first kappa shape index (κ1) is 14.9. The van der Waals surface area contributed by atoms with E-state index in [2.05, 4.69) is 11.8 Å². The zero-order chi connectivity index (χ0) is 14.5. The molecule has 1 aliphatic heterocycles. The van der Waals surface area contributed by atoms with Gasteiger partial charge in [-0.2, -0.15) is 4.39 Å². The van der Waals surface area contributed by atoms with E-state index < -0.39 is 16.4 Å². The highest BCUT2D eigenvalue weighted by atomic mass is 19.1. The topological polar surface area (TPSA) is 46.4 Å². The van der Waals surface area contributed by atoms with Crippen LogP contribution < -0.4 is 0 Å². The summed E-state index contributed by atoms with van der Waals surface area (Å²) in [7, 11) is 0. The molecule has 1 saturated heterocycles. The van der Waals surface area contributed by atoms with Crippen LogP contribution in [0, 0.1) is 15.9 Å². The molecule has 0 radical (unpaired) electrons. The van der Waals surface area contributed by atoms with E-state index >= 15 is 0 Å². The third-order valence-corrected chi connectivity index (χ3v) is 4.10. The average Bonchev–Trinajstić information content (AvgIpc) is 2.65. The molecule has 110 valence electrons. The molecule has 0 N–H and O–H groups in total. The van der Waals surface area contributed by atoms with E-state index in [0.29, 0.717) is 18.2 Å². The normalized spacial score (nSPS) is 20.6. The Morgan fingerprint density at radius 3 is 2.90 bits per heavy atom. The van der Waals surface area contributed by atoms with Crippen LogP contribution in [0.4, 0.5) is 10.1 Å². The highest BCUT2D eigenvalue weighted by molar-refractivity contribution is 5.36. The van der Waals surface area contributed by atoms with Crippen molar-refractivity contribution in [3.8, 4) is 0 Å². The SMILES string of the molecule is CCC1CCCCCN1Cc1cccc([N+](=O)[O-])c1F. The summed E-state index contributed by atoms with van der Waals surface area (Å²) in [5.41, 5.74) is 0.00456. The van der Waals surface area contributed by atoms with E-state index in [-0.39, 0.29) is 0 Å². The van der Waals surface area contributed by atoms with Crippen molar-refractivity contribution in [1.29, 1.82) is 0 Å². The van der Waals surface area contributed by atoms with Crippen molar-refractivity contribution < 1.29 is 9.31 Å². The molecule has 0 bridgehead atoms. The molecular formula is C15H21FN2O2. The molecule has 1 fully saturated rings. The van der Waals surface area contributed by atoms with Crippen molar-refractivity contribution >= 4 is 5.69 Å². The van der Waals surface area contributed by atoms with Crippen LogP contribution in [0.5, 0.6) is 0 Å². The molecule has 0 aromatic heterocycles. The zero-order valence-corrected chi connectivity index (χ0v) is 11.8. The number of rotatable bonds is 4. The first-order valence-electron chi connectivity index (χ1n) is 7.29. The molecule has 1 aromatic rings.